The number of carboxylic acids is 1. The third kappa shape index (κ3) is 3.68. The van der Waals surface area contributed by atoms with Gasteiger partial charge in [-0.25, -0.2) is 9.78 Å². The predicted octanol–water partition coefficient (Wildman–Crippen LogP) is 4.58. The maximum absolute atomic E-state index is 11.2. The summed E-state index contributed by atoms with van der Waals surface area (Å²) in [6.07, 6.45) is 5.17. The number of aryl methyl sites for hydroxylation is 1. The van der Waals surface area contributed by atoms with Crippen LogP contribution in [-0.2, 0) is 6.54 Å². The van der Waals surface area contributed by atoms with Crippen LogP contribution in [0.2, 0.25) is 0 Å². The number of benzene rings is 1. The fourth-order valence-electron chi connectivity index (χ4n) is 3.44. The van der Waals surface area contributed by atoms with Crippen molar-refractivity contribution >= 4 is 17.3 Å². The average molecular weight is 344 g/mol. The molecule has 1 atom stereocenters. The Morgan fingerprint density at radius 1 is 1.33 bits per heavy atom. The van der Waals surface area contributed by atoms with Gasteiger partial charge in [-0.2, -0.15) is 0 Å². The van der Waals surface area contributed by atoms with Gasteiger partial charge < -0.3 is 5.11 Å². The summed E-state index contributed by atoms with van der Waals surface area (Å²) >= 11 is 1.25. The Morgan fingerprint density at radius 3 is 2.71 bits per heavy atom. The summed E-state index contributed by atoms with van der Waals surface area (Å²) in [6, 6.07) is 9.12. The number of aromatic nitrogens is 1. The molecule has 0 amide bonds. The van der Waals surface area contributed by atoms with E-state index in [4.69, 9.17) is 5.11 Å². The first-order valence-electron chi connectivity index (χ1n) is 8.62. The van der Waals surface area contributed by atoms with Gasteiger partial charge in [-0.05, 0) is 38.3 Å². The molecule has 1 aliphatic rings. The van der Waals surface area contributed by atoms with Crippen LogP contribution in [0.5, 0.6) is 0 Å². The first-order valence-corrected chi connectivity index (χ1v) is 9.44. The van der Waals surface area contributed by atoms with Gasteiger partial charge in [0.2, 0.25) is 0 Å². The topological polar surface area (TPSA) is 53.4 Å². The fourth-order valence-corrected chi connectivity index (χ4v) is 4.35. The lowest BCUT2D eigenvalue weighted by Crippen LogP contribution is -2.38. The number of hydrogen-bond donors (Lipinski definition) is 1. The third-order valence-corrected chi connectivity index (χ3v) is 5.99. The Bertz CT molecular complexity index is 709. The van der Waals surface area contributed by atoms with Crippen LogP contribution in [0.3, 0.4) is 0 Å². The molecule has 1 aromatic carbocycles. The molecule has 0 spiro atoms. The summed E-state index contributed by atoms with van der Waals surface area (Å²) in [5.74, 6) is -0.899. The number of hydrogen-bond acceptors (Lipinski definition) is 4. The first kappa shape index (κ1) is 17.1. The lowest BCUT2D eigenvalue weighted by atomic mass is 9.99. The van der Waals surface area contributed by atoms with Crippen LogP contribution in [0.25, 0.3) is 10.6 Å². The molecule has 0 radical (unpaired) electrons. The van der Waals surface area contributed by atoms with E-state index in [0.717, 1.165) is 17.1 Å². The lowest BCUT2D eigenvalue weighted by Gasteiger charge is -2.35. The highest BCUT2D eigenvalue weighted by Gasteiger charge is 2.20. The molecule has 24 heavy (non-hydrogen) atoms. The van der Waals surface area contributed by atoms with Gasteiger partial charge >= 0.3 is 5.97 Å². The summed E-state index contributed by atoms with van der Waals surface area (Å²) in [5, 5.41) is 9.94. The number of carbonyl (C=O) groups is 1. The van der Waals surface area contributed by atoms with E-state index in [1.807, 2.05) is 0 Å². The molecule has 1 saturated heterocycles. The van der Waals surface area contributed by atoms with Crippen molar-refractivity contribution < 1.29 is 9.90 Å². The largest absolute Gasteiger partial charge is 0.477 e. The molecule has 3 rings (SSSR count). The van der Waals surface area contributed by atoms with Gasteiger partial charge in [0.15, 0.2) is 0 Å². The van der Waals surface area contributed by atoms with E-state index in [1.54, 1.807) is 6.92 Å². The summed E-state index contributed by atoms with van der Waals surface area (Å²) in [7, 11) is 0. The molecule has 2 heterocycles. The Morgan fingerprint density at radius 2 is 2.08 bits per heavy atom. The SMILES string of the molecule is CCC1CCCCN1Cc1ccc(-c2nc(C)c(C(=O)O)s2)cc1. The average Bonchev–Trinajstić information content (AvgIpc) is 2.98. The van der Waals surface area contributed by atoms with E-state index in [9.17, 15) is 4.79 Å². The molecule has 1 fully saturated rings. The zero-order chi connectivity index (χ0) is 17.1. The van der Waals surface area contributed by atoms with E-state index < -0.39 is 5.97 Å². The highest BCUT2D eigenvalue weighted by atomic mass is 32.1. The third-order valence-electron chi connectivity index (χ3n) is 4.80. The number of likely N-dealkylation sites (tertiary alicyclic amines) is 1. The Labute approximate surface area is 147 Å². The summed E-state index contributed by atoms with van der Waals surface area (Å²) < 4.78 is 0. The van der Waals surface area contributed by atoms with Crippen LogP contribution >= 0.6 is 11.3 Å². The van der Waals surface area contributed by atoms with Gasteiger partial charge in [0.1, 0.15) is 9.88 Å². The smallest absolute Gasteiger partial charge is 0.347 e. The molecular formula is C19H24N2O2S. The van der Waals surface area contributed by atoms with Crippen molar-refractivity contribution in [3.8, 4) is 10.6 Å². The van der Waals surface area contributed by atoms with E-state index in [1.165, 1.54) is 49.1 Å². The summed E-state index contributed by atoms with van der Waals surface area (Å²) in [4.78, 5) is 18.5. The number of rotatable bonds is 5. The Hall–Kier alpha value is -1.72. The number of aromatic carboxylic acids is 1. The molecule has 1 unspecified atom stereocenters. The van der Waals surface area contributed by atoms with Crippen molar-refractivity contribution in [2.24, 2.45) is 0 Å². The van der Waals surface area contributed by atoms with Gasteiger partial charge in [-0.3, -0.25) is 4.90 Å². The summed E-state index contributed by atoms with van der Waals surface area (Å²) in [5.41, 5.74) is 2.89. The predicted molar refractivity (Wildman–Crippen MR) is 97.6 cm³/mol. The molecule has 2 aromatic rings. The second kappa shape index (κ2) is 7.45. The van der Waals surface area contributed by atoms with Crippen molar-refractivity contribution in [1.82, 2.24) is 9.88 Å². The van der Waals surface area contributed by atoms with Crippen molar-refractivity contribution in [2.45, 2.75) is 52.1 Å². The first-order chi connectivity index (χ1) is 11.6. The number of piperidine rings is 1. The highest BCUT2D eigenvalue weighted by molar-refractivity contribution is 7.17. The van der Waals surface area contributed by atoms with Crippen molar-refractivity contribution in [1.29, 1.82) is 0 Å². The normalized spacial score (nSPS) is 18.7. The maximum Gasteiger partial charge on any atom is 0.347 e. The van der Waals surface area contributed by atoms with Gasteiger partial charge in [0.05, 0.1) is 5.69 Å². The van der Waals surface area contributed by atoms with Crippen molar-refractivity contribution in [3.05, 3.63) is 40.4 Å². The van der Waals surface area contributed by atoms with Crippen LogP contribution in [0, 0.1) is 6.92 Å². The molecule has 1 aliphatic heterocycles. The van der Waals surface area contributed by atoms with Crippen LogP contribution in [0.15, 0.2) is 24.3 Å². The minimum Gasteiger partial charge on any atom is -0.477 e. The summed E-state index contributed by atoms with van der Waals surface area (Å²) in [6.45, 7) is 6.21. The van der Waals surface area contributed by atoms with Gasteiger partial charge in [0.25, 0.3) is 0 Å². The molecule has 0 bridgehead atoms. The number of carboxylic acid groups (broad SMARTS) is 1. The minimum absolute atomic E-state index is 0.327. The van der Waals surface area contributed by atoms with E-state index in [-0.39, 0.29) is 0 Å². The van der Waals surface area contributed by atoms with Crippen molar-refractivity contribution in [2.75, 3.05) is 6.54 Å². The molecular weight excluding hydrogens is 320 g/mol. The van der Waals surface area contributed by atoms with Crippen LogP contribution in [0.1, 0.15) is 53.5 Å². The van der Waals surface area contributed by atoms with Gasteiger partial charge in [-0.1, -0.05) is 37.6 Å². The zero-order valence-corrected chi connectivity index (χ0v) is 15.1. The second-order valence-corrected chi connectivity index (χ2v) is 7.46. The standard InChI is InChI=1S/C19H24N2O2S/c1-3-16-6-4-5-11-21(16)12-14-7-9-15(10-8-14)18-20-13(2)17(24-18)19(22)23/h7-10,16H,3-6,11-12H2,1-2H3,(H,22,23). The quantitative estimate of drug-likeness (QED) is 0.862. The van der Waals surface area contributed by atoms with Crippen LogP contribution in [-0.4, -0.2) is 33.5 Å². The molecule has 5 heteroatoms. The van der Waals surface area contributed by atoms with E-state index >= 15 is 0 Å². The van der Waals surface area contributed by atoms with Crippen LogP contribution < -0.4 is 0 Å². The van der Waals surface area contributed by atoms with Crippen LogP contribution in [0.4, 0.5) is 0 Å². The molecule has 0 aliphatic carbocycles. The zero-order valence-electron chi connectivity index (χ0n) is 14.3. The Balaban J connectivity index is 1.73. The molecule has 1 aromatic heterocycles. The van der Waals surface area contributed by atoms with Gasteiger partial charge in [-0.15, -0.1) is 11.3 Å². The number of thiazole rings is 1. The molecule has 4 nitrogen and oxygen atoms in total. The fraction of sp³-hybridized carbons (Fsp3) is 0.474. The molecule has 0 saturated carbocycles. The lowest BCUT2D eigenvalue weighted by molar-refractivity contribution is 0.0701. The monoisotopic (exact) mass is 344 g/mol. The van der Waals surface area contributed by atoms with Gasteiger partial charge in [0, 0.05) is 18.2 Å². The van der Waals surface area contributed by atoms with E-state index in [2.05, 4.69) is 41.1 Å². The number of nitrogens with zero attached hydrogens (tertiary/aromatic N) is 2. The Kier molecular flexibility index (Phi) is 5.31. The molecule has 128 valence electrons. The second-order valence-electron chi connectivity index (χ2n) is 6.46. The highest BCUT2D eigenvalue weighted by Crippen LogP contribution is 2.29. The molecule has 1 N–H and O–H groups in total. The minimum atomic E-state index is -0.899. The van der Waals surface area contributed by atoms with E-state index in [0.29, 0.717) is 16.6 Å². The van der Waals surface area contributed by atoms with Crippen molar-refractivity contribution in [3.63, 3.8) is 0 Å². The maximum atomic E-state index is 11.2.